The summed E-state index contributed by atoms with van der Waals surface area (Å²) in [6, 6.07) is 2.90. The van der Waals surface area contributed by atoms with Crippen LogP contribution < -0.4 is 10.2 Å². The Morgan fingerprint density at radius 1 is 1.33 bits per heavy atom. The van der Waals surface area contributed by atoms with Crippen LogP contribution in [0.3, 0.4) is 0 Å². The first-order chi connectivity index (χ1) is 9.97. The van der Waals surface area contributed by atoms with Crippen LogP contribution in [0, 0.1) is 18.8 Å². The number of nitrogens with zero attached hydrogens (tertiary/aromatic N) is 2. The highest BCUT2D eigenvalue weighted by atomic mass is 15.2. The maximum atomic E-state index is 4.77. The van der Waals surface area contributed by atoms with Crippen LogP contribution in [0.4, 0.5) is 5.82 Å². The van der Waals surface area contributed by atoms with Crippen LogP contribution in [0.2, 0.25) is 0 Å². The zero-order valence-corrected chi connectivity index (χ0v) is 14.3. The van der Waals surface area contributed by atoms with E-state index >= 15 is 0 Å². The van der Waals surface area contributed by atoms with Crippen molar-refractivity contribution < 1.29 is 0 Å². The summed E-state index contributed by atoms with van der Waals surface area (Å²) in [6.45, 7) is 14.4. The zero-order chi connectivity index (χ0) is 15.4. The first-order valence-corrected chi connectivity index (χ1v) is 8.40. The Morgan fingerprint density at radius 3 is 2.76 bits per heavy atom. The first kappa shape index (κ1) is 16.3. The summed E-state index contributed by atoms with van der Waals surface area (Å²) in [5.41, 5.74) is 2.59. The molecule has 3 heteroatoms. The van der Waals surface area contributed by atoms with Crippen LogP contribution in [-0.2, 0) is 6.54 Å². The number of rotatable bonds is 5. The Kier molecular flexibility index (Phi) is 5.63. The molecule has 1 saturated heterocycles. The van der Waals surface area contributed by atoms with Gasteiger partial charge in [0.25, 0.3) is 0 Å². The summed E-state index contributed by atoms with van der Waals surface area (Å²) in [6.07, 6.45) is 4.66. The molecule has 0 spiro atoms. The highest BCUT2D eigenvalue weighted by molar-refractivity contribution is 5.48. The fourth-order valence-corrected chi connectivity index (χ4v) is 3.11. The van der Waals surface area contributed by atoms with E-state index in [2.05, 4.69) is 50.9 Å². The lowest BCUT2D eigenvalue weighted by atomic mass is 9.94. The quantitative estimate of drug-likeness (QED) is 0.894. The summed E-state index contributed by atoms with van der Waals surface area (Å²) in [5.74, 6) is 2.64. The molecular formula is C18H31N3. The van der Waals surface area contributed by atoms with E-state index in [1.807, 2.05) is 6.20 Å². The van der Waals surface area contributed by atoms with Crippen molar-refractivity contribution in [3.05, 3.63) is 23.4 Å². The molecule has 1 fully saturated rings. The average Bonchev–Trinajstić information content (AvgIpc) is 2.42. The molecule has 0 saturated carbocycles. The summed E-state index contributed by atoms with van der Waals surface area (Å²) in [4.78, 5) is 7.27. The van der Waals surface area contributed by atoms with E-state index < -0.39 is 0 Å². The number of piperidine rings is 1. The molecule has 3 nitrogen and oxygen atoms in total. The van der Waals surface area contributed by atoms with E-state index in [0.717, 1.165) is 25.6 Å². The van der Waals surface area contributed by atoms with Crippen molar-refractivity contribution in [1.82, 2.24) is 10.3 Å². The Labute approximate surface area is 130 Å². The molecule has 2 rings (SSSR count). The molecule has 1 aliphatic rings. The van der Waals surface area contributed by atoms with Crippen molar-refractivity contribution in [3.63, 3.8) is 0 Å². The lowest BCUT2D eigenvalue weighted by Crippen LogP contribution is -2.42. The zero-order valence-electron chi connectivity index (χ0n) is 14.3. The van der Waals surface area contributed by atoms with Crippen LogP contribution in [0.15, 0.2) is 12.3 Å². The molecule has 1 aliphatic heterocycles. The second-order valence-electron chi connectivity index (χ2n) is 7.19. The SMILES string of the molecule is Cc1cc(CNCC(C)C)cnc1N1CC(C)CCC1C. The standard InChI is InChI=1S/C18H31N3/c1-13(2)9-19-10-17-8-15(4)18(20-11-17)21-12-14(3)6-7-16(21)5/h8,11,13-14,16,19H,6-7,9-10,12H2,1-5H3. The third-order valence-corrected chi connectivity index (χ3v) is 4.38. The van der Waals surface area contributed by atoms with Crippen LogP contribution in [0.1, 0.15) is 51.7 Å². The largest absolute Gasteiger partial charge is 0.353 e. The predicted molar refractivity (Wildman–Crippen MR) is 90.7 cm³/mol. The number of hydrogen-bond acceptors (Lipinski definition) is 3. The number of aryl methyl sites for hydroxylation is 1. The van der Waals surface area contributed by atoms with Gasteiger partial charge in [-0.25, -0.2) is 4.98 Å². The van der Waals surface area contributed by atoms with E-state index in [-0.39, 0.29) is 0 Å². The van der Waals surface area contributed by atoms with E-state index in [1.165, 1.54) is 29.8 Å². The van der Waals surface area contributed by atoms with Gasteiger partial charge in [-0.3, -0.25) is 0 Å². The van der Waals surface area contributed by atoms with Gasteiger partial charge in [-0.1, -0.05) is 20.8 Å². The van der Waals surface area contributed by atoms with Gasteiger partial charge in [-0.05, 0) is 62.3 Å². The number of hydrogen-bond donors (Lipinski definition) is 1. The Morgan fingerprint density at radius 2 is 2.10 bits per heavy atom. The summed E-state index contributed by atoms with van der Waals surface area (Å²) in [5, 5.41) is 3.49. The van der Waals surface area contributed by atoms with Gasteiger partial charge < -0.3 is 10.2 Å². The van der Waals surface area contributed by atoms with E-state index in [4.69, 9.17) is 4.98 Å². The van der Waals surface area contributed by atoms with E-state index in [0.29, 0.717) is 12.0 Å². The molecule has 0 bridgehead atoms. The minimum atomic E-state index is 0.609. The Balaban J connectivity index is 2.04. The first-order valence-electron chi connectivity index (χ1n) is 8.40. The molecule has 2 heterocycles. The van der Waals surface area contributed by atoms with Gasteiger partial charge in [0.05, 0.1) is 0 Å². The van der Waals surface area contributed by atoms with Crippen LogP contribution >= 0.6 is 0 Å². The van der Waals surface area contributed by atoms with Crippen LogP contribution in [0.25, 0.3) is 0 Å². The monoisotopic (exact) mass is 289 g/mol. The van der Waals surface area contributed by atoms with Crippen molar-refractivity contribution >= 4 is 5.82 Å². The van der Waals surface area contributed by atoms with Crippen molar-refractivity contribution in [2.75, 3.05) is 18.0 Å². The van der Waals surface area contributed by atoms with Gasteiger partial charge in [0.2, 0.25) is 0 Å². The van der Waals surface area contributed by atoms with Gasteiger partial charge in [-0.2, -0.15) is 0 Å². The fraction of sp³-hybridized carbons (Fsp3) is 0.722. The third-order valence-electron chi connectivity index (χ3n) is 4.38. The summed E-state index contributed by atoms with van der Waals surface area (Å²) < 4.78 is 0. The molecular weight excluding hydrogens is 258 g/mol. The highest BCUT2D eigenvalue weighted by Gasteiger charge is 2.24. The van der Waals surface area contributed by atoms with Gasteiger partial charge in [0.1, 0.15) is 5.82 Å². The maximum Gasteiger partial charge on any atom is 0.131 e. The number of nitrogens with one attached hydrogen (secondary N) is 1. The molecule has 0 radical (unpaired) electrons. The lowest BCUT2D eigenvalue weighted by Gasteiger charge is -2.38. The molecule has 1 aromatic rings. The van der Waals surface area contributed by atoms with Gasteiger partial charge >= 0.3 is 0 Å². The Hall–Kier alpha value is -1.09. The second kappa shape index (κ2) is 7.26. The summed E-state index contributed by atoms with van der Waals surface area (Å²) in [7, 11) is 0. The predicted octanol–water partition coefficient (Wildman–Crippen LogP) is 3.76. The van der Waals surface area contributed by atoms with E-state index in [9.17, 15) is 0 Å². The molecule has 118 valence electrons. The van der Waals surface area contributed by atoms with Gasteiger partial charge in [0, 0.05) is 25.3 Å². The number of aromatic nitrogens is 1. The van der Waals surface area contributed by atoms with Crippen molar-refractivity contribution in [2.45, 2.75) is 60.0 Å². The van der Waals surface area contributed by atoms with Crippen LogP contribution in [-0.4, -0.2) is 24.1 Å². The number of anilines is 1. The molecule has 0 aliphatic carbocycles. The average molecular weight is 289 g/mol. The normalized spacial score (nSPS) is 22.9. The molecule has 1 aromatic heterocycles. The van der Waals surface area contributed by atoms with Crippen molar-refractivity contribution in [1.29, 1.82) is 0 Å². The third kappa shape index (κ3) is 4.44. The minimum Gasteiger partial charge on any atom is -0.353 e. The second-order valence-corrected chi connectivity index (χ2v) is 7.19. The number of pyridine rings is 1. The lowest BCUT2D eigenvalue weighted by molar-refractivity contribution is 0.387. The highest BCUT2D eigenvalue weighted by Crippen LogP contribution is 2.28. The van der Waals surface area contributed by atoms with E-state index in [1.54, 1.807) is 0 Å². The molecule has 1 N–H and O–H groups in total. The van der Waals surface area contributed by atoms with Crippen LogP contribution in [0.5, 0.6) is 0 Å². The fourth-order valence-electron chi connectivity index (χ4n) is 3.11. The maximum absolute atomic E-state index is 4.77. The molecule has 2 atom stereocenters. The summed E-state index contributed by atoms with van der Waals surface area (Å²) >= 11 is 0. The minimum absolute atomic E-state index is 0.609. The smallest absolute Gasteiger partial charge is 0.131 e. The topological polar surface area (TPSA) is 28.2 Å². The Bertz CT molecular complexity index is 456. The van der Waals surface area contributed by atoms with Gasteiger partial charge in [-0.15, -0.1) is 0 Å². The molecule has 21 heavy (non-hydrogen) atoms. The molecule has 0 aromatic carbocycles. The molecule has 0 amide bonds. The molecule has 2 unspecified atom stereocenters. The van der Waals surface area contributed by atoms with Gasteiger partial charge in [0.15, 0.2) is 0 Å². The van der Waals surface area contributed by atoms with Crippen molar-refractivity contribution in [3.8, 4) is 0 Å². The van der Waals surface area contributed by atoms with Crippen molar-refractivity contribution in [2.24, 2.45) is 11.8 Å².